The molecule has 2 N–H and O–H groups in total. The number of rotatable bonds is 7. The number of carbonyl (C=O) groups is 1. The van der Waals surface area contributed by atoms with Gasteiger partial charge < -0.3 is 15.2 Å². The molecule has 4 nitrogen and oxygen atoms in total. The molecule has 1 unspecified atom stereocenters. The molecule has 0 aliphatic heterocycles. The number of hydrogen-bond donors (Lipinski definition) is 2. The Kier molecular flexibility index (Phi) is 6.32. The highest BCUT2D eigenvalue weighted by Crippen LogP contribution is 2.14. The van der Waals surface area contributed by atoms with Gasteiger partial charge in [-0.1, -0.05) is 13.8 Å². The van der Waals surface area contributed by atoms with Crippen LogP contribution in [0.4, 0.5) is 0 Å². The summed E-state index contributed by atoms with van der Waals surface area (Å²) in [6.07, 6.45) is -0.659. The molecular weight excluding hydrogens is 250 g/mol. The number of nitrogens with one attached hydrogen (secondary N) is 1. The zero-order valence-corrected chi connectivity index (χ0v) is 11.9. The van der Waals surface area contributed by atoms with E-state index in [2.05, 4.69) is 5.32 Å². The van der Waals surface area contributed by atoms with E-state index in [1.54, 1.807) is 6.07 Å². The zero-order chi connectivity index (χ0) is 13.5. The van der Waals surface area contributed by atoms with Gasteiger partial charge in [-0.25, -0.2) is 0 Å². The van der Waals surface area contributed by atoms with Crippen LogP contribution in [0.25, 0.3) is 0 Å². The molecule has 1 heterocycles. The van der Waals surface area contributed by atoms with Gasteiger partial charge in [0.1, 0.15) is 0 Å². The standard InChI is InChI=1S/C13H21NO3S/c1-9(2)7-17-8-11(15)6-14-13(16)12-5-4-10(3)18-12/h4-5,9,11,15H,6-8H2,1-3H3,(H,14,16). The molecule has 0 aliphatic carbocycles. The highest BCUT2D eigenvalue weighted by Gasteiger charge is 2.10. The molecule has 102 valence electrons. The maximum Gasteiger partial charge on any atom is 0.261 e. The second-order valence-electron chi connectivity index (χ2n) is 4.71. The van der Waals surface area contributed by atoms with Gasteiger partial charge in [0.25, 0.3) is 5.91 Å². The molecule has 1 atom stereocenters. The molecule has 1 aromatic heterocycles. The topological polar surface area (TPSA) is 58.6 Å². The number of aliphatic hydroxyl groups is 1. The summed E-state index contributed by atoms with van der Waals surface area (Å²) in [5.74, 6) is 0.303. The summed E-state index contributed by atoms with van der Waals surface area (Å²) in [4.78, 5) is 13.5. The van der Waals surface area contributed by atoms with Crippen LogP contribution in [0.15, 0.2) is 12.1 Å². The Labute approximate surface area is 112 Å². The molecule has 5 heteroatoms. The third kappa shape index (κ3) is 5.62. The van der Waals surface area contributed by atoms with E-state index >= 15 is 0 Å². The van der Waals surface area contributed by atoms with Crippen LogP contribution in [0.3, 0.4) is 0 Å². The van der Waals surface area contributed by atoms with Crippen LogP contribution in [-0.2, 0) is 4.74 Å². The van der Waals surface area contributed by atoms with Crippen molar-refractivity contribution in [2.45, 2.75) is 26.9 Å². The molecule has 0 saturated carbocycles. The Balaban J connectivity index is 2.22. The van der Waals surface area contributed by atoms with Crippen molar-refractivity contribution in [3.8, 4) is 0 Å². The fourth-order valence-electron chi connectivity index (χ4n) is 1.35. The van der Waals surface area contributed by atoms with E-state index in [9.17, 15) is 9.90 Å². The third-order valence-electron chi connectivity index (χ3n) is 2.22. The van der Waals surface area contributed by atoms with E-state index in [1.165, 1.54) is 11.3 Å². The molecule has 0 radical (unpaired) electrons. The fourth-order valence-corrected chi connectivity index (χ4v) is 2.14. The van der Waals surface area contributed by atoms with E-state index in [0.717, 1.165) is 4.88 Å². The Morgan fingerprint density at radius 2 is 2.17 bits per heavy atom. The molecule has 0 fully saturated rings. The van der Waals surface area contributed by atoms with Crippen molar-refractivity contribution in [1.82, 2.24) is 5.32 Å². The lowest BCUT2D eigenvalue weighted by Gasteiger charge is -2.13. The first-order valence-electron chi connectivity index (χ1n) is 6.09. The molecule has 1 rings (SSSR count). The van der Waals surface area contributed by atoms with Gasteiger partial charge in [-0.05, 0) is 25.0 Å². The molecule has 18 heavy (non-hydrogen) atoms. The minimum atomic E-state index is -0.659. The smallest absolute Gasteiger partial charge is 0.261 e. The van der Waals surface area contributed by atoms with Gasteiger partial charge in [0.05, 0.1) is 17.6 Å². The quantitative estimate of drug-likeness (QED) is 0.795. The average Bonchev–Trinajstić information content (AvgIpc) is 2.72. The Morgan fingerprint density at radius 3 is 2.72 bits per heavy atom. The average molecular weight is 271 g/mol. The van der Waals surface area contributed by atoms with Crippen LogP contribution in [0, 0.1) is 12.8 Å². The van der Waals surface area contributed by atoms with Crippen molar-refractivity contribution in [3.63, 3.8) is 0 Å². The Bertz CT molecular complexity index is 376. The van der Waals surface area contributed by atoms with Crippen molar-refractivity contribution in [2.75, 3.05) is 19.8 Å². The predicted octanol–water partition coefficient (Wildman–Crippen LogP) is 1.82. The highest BCUT2D eigenvalue weighted by molar-refractivity contribution is 7.13. The van der Waals surface area contributed by atoms with Gasteiger partial charge in [0, 0.05) is 18.0 Å². The number of ether oxygens (including phenoxy) is 1. The predicted molar refractivity (Wildman–Crippen MR) is 73.1 cm³/mol. The SMILES string of the molecule is Cc1ccc(C(=O)NCC(O)COCC(C)C)s1. The van der Waals surface area contributed by atoms with E-state index in [0.29, 0.717) is 17.4 Å². The van der Waals surface area contributed by atoms with Crippen LogP contribution < -0.4 is 5.32 Å². The number of aryl methyl sites for hydroxylation is 1. The van der Waals surface area contributed by atoms with Crippen LogP contribution >= 0.6 is 11.3 Å². The van der Waals surface area contributed by atoms with Gasteiger partial charge in [-0.3, -0.25) is 4.79 Å². The van der Waals surface area contributed by atoms with Crippen molar-refractivity contribution >= 4 is 17.2 Å². The first-order valence-corrected chi connectivity index (χ1v) is 6.91. The Hall–Kier alpha value is -0.910. The van der Waals surface area contributed by atoms with Crippen LogP contribution in [0.5, 0.6) is 0 Å². The molecule has 0 saturated heterocycles. The summed E-state index contributed by atoms with van der Waals surface area (Å²) < 4.78 is 5.30. The largest absolute Gasteiger partial charge is 0.389 e. The minimum absolute atomic E-state index is 0.143. The van der Waals surface area contributed by atoms with Crippen molar-refractivity contribution in [1.29, 1.82) is 0 Å². The van der Waals surface area contributed by atoms with Gasteiger partial charge in [-0.2, -0.15) is 0 Å². The first-order chi connectivity index (χ1) is 8.49. The number of hydrogen-bond acceptors (Lipinski definition) is 4. The lowest BCUT2D eigenvalue weighted by atomic mass is 10.2. The van der Waals surface area contributed by atoms with Crippen molar-refractivity contribution in [2.24, 2.45) is 5.92 Å². The fraction of sp³-hybridized carbons (Fsp3) is 0.615. The van der Waals surface area contributed by atoms with Gasteiger partial charge in [0.15, 0.2) is 0 Å². The maximum absolute atomic E-state index is 11.7. The maximum atomic E-state index is 11.7. The molecule has 0 aromatic carbocycles. The number of amides is 1. The second-order valence-corrected chi connectivity index (χ2v) is 5.99. The minimum Gasteiger partial charge on any atom is -0.389 e. The Morgan fingerprint density at radius 1 is 1.44 bits per heavy atom. The van der Waals surface area contributed by atoms with Gasteiger partial charge in [0.2, 0.25) is 0 Å². The summed E-state index contributed by atoms with van der Waals surface area (Å²) in [6.45, 7) is 7.14. The van der Waals surface area contributed by atoms with Gasteiger partial charge >= 0.3 is 0 Å². The number of thiophene rings is 1. The normalized spacial score (nSPS) is 12.7. The summed E-state index contributed by atoms with van der Waals surface area (Å²) >= 11 is 1.44. The monoisotopic (exact) mass is 271 g/mol. The van der Waals surface area contributed by atoms with Crippen LogP contribution in [0.1, 0.15) is 28.4 Å². The van der Waals surface area contributed by atoms with E-state index < -0.39 is 6.10 Å². The van der Waals surface area contributed by atoms with Crippen LogP contribution in [-0.4, -0.2) is 36.9 Å². The summed E-state index contributed by atoms with van der Waals surface area (Å²) in [5.41, 5.74) is 0. The van der Waals surface area contributed by atoms with Crippen molar-refractivity contribution in [3.05, 3.63) is 21.9 Å². The van der Waals surface area contributed by atoms with Gasteiger partial charge in [-0.15, -0.1) is 11.3 Å². The molecule has 1 amide bonds. The van der Waals surface area contributed by atoms with Crippen molar-refractivity contribution < 1.29 is 14.6 Å². The molecule has 1 aromatic rings. The summed E-state index contributed by atoms with van der Waals surface area (Å²) in [7, 11) is 0. The molecule has 0 spiro atoms. The molecule has 0 bridgehead atoms. The first kappa shape index (κ1) is 15.1. The summed E-state index contributed by atoms with van der Waals surface area (Å²) in [5, 5.41) is 12.3. The zero-order valence-electron chi connectivity index (χ0n) is 11.1. The lowest BCUT2D eigenvalue weighted by Crippen LogP contribution is -2.34. The van der Waals surface area contributed by atoms with E-state index in [1.807, 2.05) is 26.8 Å². The van der Waals surface area contributed by atoms with E-state index in [4.69, 9.17) is 4.74 Å². The summed E-state index contributed by atoms with van der Waals surface area (Å²) in [6, 6.07) is 3.69. The number of aliphatic hydroxyl groups excluding tert-OH is 1. The number of carbonyl (C=O) groups excluding carboxylic acids is 1. The third-order valence-corrected chi connectivity index (χ3v) is 3.22. The lowest BCUT2D eigenvalue weighted by molar-refractivity contribution is 0.0259. The van der Waals surface area contributed by atoms with Crippen LogP contribution in [0.2, 0.25) is 0 Å². The molecule has 0 aliphatic rings. The second kappa shape index (κ2) is 7.51. The highest BCUT2D eigenvalue weighted by atomic mass is 32.1. The van der Waals surface area contributed by atoms with E-state index in [-0.39, 0.29) is 19.1 Å². The molecular formula is C13H21NO3S.